The Bertz CT molecular complexity index is 720. The van der Waals surface area contributed by atoms with Crippen molar-refractivity contribution in [1.82, 2.24) is 5.32 Å². The molecule has 0 spiro atoms. The number of aromatic hydroxyl groups is 1. The molecule has 0 radical (unpaired) electrons. The molecular formula is C18H22ClNO4. The van der Waals surface area contributed by atoms with Crippen LogP contribution < -0.4 is 19.5 Å². The van der Waals surface area contributed by atoms with Gasteiger partial charge < -0.3 is 24.6 Å². The quantitative estimate of drug-likeness (QED) is 0.886. The van der Waals surface area contributed by atoms with E-state index in [0.29, 0.717) is 11.5 Å². The summed E-state index contributed by atoms with van der Waals surface area (Å²) in [6.07, 6.45) is 0.932. The molecule has 0 saturated carbocycles. The van der Waals surface area contributed by atoms with Crippen LogP contribution in [0.15, 0.2) is 30.3 Å². The van der Waals surface area contributed by atoms with Gasteiger partial charge in [0.1, 0.15) is 0 Å². The lowest BCUT2D eigenvalue weighted by Crippen LogP contribution is -2.30. The van der Waals surface area contributed by atoms with E-state index >= 15 is 0 Å². The largest absolute Gasteiger partial charge is 0.504 e. The molecule has 3 rings (SSSR count). The Morgan fingerprint density at radius 1 is 0.958 bits per heavy atom. The predicted octanol–water partition coefficient (Wildman–Crippen LogP) is 3.07. The highest BCUT2D eigenvalue weighted by Crippen LogP contribution is 2.39. The standard InChI is InChI=1S/C18H21NO4.ClH/c1-21-15-9-12(4-5-14(15)20)18-13-10-17(23-3)16(22-2)8-11(13)6-7-19-18;/h4-5,8-10,18-20H,6-7H2,1-3H3;1H. The van der Waals surface area contributed by atoms with Crippen molar-refractivity contribution in [2.24, 2.45) is 0 Å². The molecule has 5 nitrogen and oxygen atoms in total. The van der Waals surface area contributed by atoms with Crippen LogP contribution in [-0.2, 0) is 6.42 Å². The molecule has 1 aliphatic rings. The predicted molar refractivity (Wildman–Crippen MR) is 95.0 cm³/mol. The fourth-order valence-corrected chi connectivity index (χ4v) is 3.05. The molecule has 0 aliphatic carbocycles. The normalized spacial score (nSPS) is 15.9. The molecule has 1 atom stereocenters. The minimum atomic E-state index is 0. The van der Waals surface area contributed by atoms with Crippen molar-refractivity contribution < 1.29 is 19.3 Å². The third-order valence-corrected chi connectivity index (χ3v) is 4.24. The molecule has 0 aromatic heterocycles. The van der Waals surface area contributed by atoms with Crippen LogP contribution in [0.3, 0.4) is 0 Å². The number of nitrogens with one attached hydrogen (secondary N) is 1. The molecule has 0 fully saturated rings. The summed E-state index contributed by atoms with van der Waals surface area (Å²) in [7, 11) is 4.84. The lowest BCUT2D eigenvalue weighted by Gasteiger charge is -2.28. The van der Waals surface area contributed by atoms with Gasteiger partial charge in [0.05, 0.1) is 27.4 Å². The van der Waals surface area contributed by atoms with Gasteiger partial charge in [0, 0.05) is 6.54 Å². The average molecular weight is 352 g/mol. The zero-order valence-electron chi connectivity index (χ0n) is 14.0. The van der Waals surface area contributed by atoms with Crippen molar-refractivity contribution in [1.29, 1.82) is 0 Å². The zero-order valence-corrected chi connectivity index (χ0v) is 14.8. The summed E-state index contributed by atoms with van der Waals surface area (Å²) in [5.41, 5.74) is 3.42. The fraction of sp³-hybridized carbons (Fsp3) is 0.333. The van der Waals surface area contributed by atoms with Crippen LogP contribution in [0.2, 0.25) is 0 Å². The van der Waals surface area contributed by atoms with E-state index < -0.39 is 0 Å². The van der Waals surface area contributed by atoms with Crippen LogP contribution in [0.1, 0.15) is 22.7 Å². The minimum Gasteiger partial charge on any atom is -0.504 e. The molecule has 1 unspecified atom stereocenters. The summed E-state index contributed by atoms with van der Waals surface area (Å²) >= 11 is 0. The van der Waals surface area contributed by atoms with Crippen LogP contribution in [0.5, 0.6) is 23.0 Å². The molecule has 2 N–H and O–H groups in total. The van der Waals surface area contributed by atoms with Gasteiger partial charge in [0.25, 0.3) is 0 Å². The maximum atomic E-state index is 9.80. The summed E-state index contributed by atoms with van der Waals surface area (Å²) in [6.45, 7) is 0.871. The van der Waals surface area contributed by atoms with Gasteiger partial charge in [-0.25, -0.2) is 0 Å². The number of benzene rings is 2. The van der Waals surface area contributed by atoms with Gasteiger partial charge in [-0.1, -0.05) is 6.07 Å². The number of hydrogen-bond donors (Lipinski definition) is 2. The zero-order chi connectivity index (χ0) is 16.4. The molecule has 1 heterocycles. The first-order valence-corrected chi connectivity index (χ1v) is 7.53. The monoisotopic (exact) mass is 351 g/mol. The van der Waals surface area contributed by atoms with Crippen LogP contribution in [-0.4, -0.2) is 33.0 Å². The first kappa shape index (κ1) is 18.2. The number of phenolic OH excluding ortho intramolecular Hbond substituents is 1. The van der Waals surface area contributed by atoms with E-state index in [4.69, 9.17) is 14.2 Å². The molecule has 24 heavy (non-hydrogen) atoms. The number of hydrogen-bond acceptors (Lipinski definition) is 5. The molecule has 1 aliphatic heterocycles. The van der Waals surface area contributed by atoms with Gasteiger partial charge in [-0.05, 0) is 47.4 Å². The Labute approximate surface area is 148 Å². The van der Waals surface area contributed by atoms with Crippen molar-refractivity contribution in [2.75, 3.05) is 27.9 Å². The number of phenols is 1. The van der Waals surface area contributed by atoms with Gasteiger partial charge in [0.2, 0.25) is 0 Å². The highest BCUT2D eigenvalue weighted by atomic mass is 35.5. The van der Waals surface area contributed by atoms with Crippen LogP contribution >= 0.6 is 12.4 Å². The van der Waals surface area contributed by atoms with Gasteiger partial charge in [0.15, 0.2) is 23.0 Å². The van der Waals surface area contributed by atoms with E-state index in [1.54, 1.807) is 27.4 Å². The molecular weight excluding hydrogens is 330 g/mol. The van der Waals surface area contributed by atoms with Crippen LogP contribution in [0.25, 0.3) is 0 Å². The Morgan fingerprint density at radius 3 is 2.29 bits per heavy atom. The smallest absolute Gasteiger partial charge is 0.161 e. The van der Waals surface area contributed by atoms with Crippen molar-refractivity contribution in [3.63, 3.8) is 0 Å². The molecule has 6 heteroatoms. The second-order valence-electron chi connectivity index (χ2n) is 5.47. The Kier molecular flexibility index (Phi) is 5.80. The summed E-state index contributed by atoms with van der Waals surface area (Å²) in [6, 6.07) is 9.50. The van der Waals surface area contributed by atoms with E-state index in [1.165, 1.54) is 5.56 Å². The molecule has 2 aromatic carbocycles. The van der Waals surface area contributed by atoms with E-state index in [1.807, 2.05) is 24.3 Å². The average Bonchev–Trinajstić information content (AvgIpc) is 2.60. The van der Waals surface area contributed by atoms with Crippen molar-refractivity contribution in [3.8, 4) is 23.0 Å². The topological polar surface area (TPSA) is 60.0 Å². The summed E-state index contributed by atoms with van der Waals surface area (Å²) < 4.78 is 16.1. The first-order chi connectivity index (χ1) is 11.2. The SMILES string of the molecule is COc1cc(C2NCCc3cc(OC)c(OC)cc32)ccc1O.Cl. The Morgan fingerprint density at radius 2 is 1.62 bits per heavy atom. The van der Waals surface area contributed by atoms with E-state index in [9.17, 15) is 5.11 Å². The van der Waals surface area contributed by atoms with Gasteiger partial charge in [-0.2, -0.15) is 0 Å². The molecule has 2 aromatic rings. The van der Waals surface area contributed by atoms with Crippen LogP contribution in [0.4, 0.5) is 0 Å². The Balaban J connectivity index is 0.00000208. The second-order valence-corrected chi connectivity index (χ2v) is 5.47. The summed E-state index contributed by atoms with van der Waals surface area (Å²) in [4.78, 5) is 0. The molecule has 0 saturated heterocycles. The fourth-order valence-electron chi connectivity index (χ4n) is 3.05. The summed E-state index contributed by atoms with van der Waals surface area (Å²) in [5.74, 6) is 2.07. The first-order valence-electron chi connectivity index (χ1n) is 7.53. The highest BCUT2D eigenvalue weighted by Gasteiger charge is 2.24. The van der Waals surface area contributed by atoms with E-state index in [0.717, 1.165) is 29.8 Å². The number of fused-ring (bicyclic) bond motifs is 1. The van der Waals surface area contributed by atoms with E-state index in [-0.39, 0.29) is 24.2 Å². The van der Waals surface area contributed by atoms with Crippen molar-refractivity contribution in [2.45, 2.75) is 12.5 Å². The van der Waals surface area contributed by atoms with Gasteiger partial charge >= 0.3 is 0 Å². The lowest BCUT2D eigenvalue weighted by atomic mass is 9.89. The van der Waals surface area contributed by atoms with Gasteiger partial charge in [-0.3, -0.25) is 0 Å². The minimum absolute atomic E-state index is 0. The third kappa shape index (κ3) is 3.23. The van der Waals surface area contributed by atoms with Gasteiger partial charge in [-0.15, -0.1) is 12.4 Å². The number of ether oxygens (including phenoxy) is 3. The number of halogens is 1. The van der Waals surface area contributed by atoms with Crippen molar-refractivity contribution in [3.05, 3.63) is 47.0 Å². The molecule has 130 valence electrons. The molecule has 0 amide bonds. The Hall–Kier alpha value is -2.11. The highest BCUT2D eigenvalue weighted by molar-refractivity contribution is 5.85. The maximum absolute atomic E-state index is 9.80. The third-order valence-electron chi connectivity index (χ3n) is 4.24. The number of rotatable bonds is 4. The molecule has 0 bridgehead atoms. The number of methoxy groups -OCH3 is 3. The van der Waals surface area contributed by atoms with Crippen LogP contribution in [0, 0.1) is 0 Å². The maximum Gasteiger partial charge on any atom is 0.161 e. The van der Waals surface area contributed by atoms with Crippen molar-refractivity contribution >= 4 is 12.4 Å². The lowest BCUT2D eigenvalue weighted by molar-refractivity contribution is 0.352. The van der Waals surface area contributed by atoms with E-state index in [2.05, 4.69) is 5.32 Å². The second kappa shape index (κ2) is 7.64. The summed E-state index contributed by atoms with van der Waals surface area (Å²) in [5, 5.41) is 13.3.